The van der Waals surface area contributed by atoms with E-state index in [1.165, 1.54) is 12.1 Å². The Labute approximate surface area is 146 Å². The topological polar surface area (TPSA) is 97.8 Å². The molecule has 0 bridgehead atoms. The molecule has 0 aliphatic heterocycles. The molecular weight excluding hydrogens is 340 g/mol. The van der Waals surface area contributed by atoms with Crippen LogP contribution >= 0.6 is 0 Å². The number of H-pyrrole nitrogens is 1. The molecule has 9 heteroatoms. The van der Waals surface area contributed by atoms with Crippen LogP contribution < -0.4 is 5.73 Å². The summed E-state index contributed by atoms with van der Waals surface area (Å²) in [5, 5.41) is 19.5. The van der Waals surface area contributed by atoms with E-state index in [0.717, 1.165) is 6.07 Å². The fourth-order valence-corrected chi connectivity index (χ4v) is 2.80. The Hall–Kier alpha value is -3.36. The molecule has 0 unspecified atom stereocenters. The highest BCUT2D eigenvalue weighted by atomic mass is 19.1. The van der Waals surface area contributed by atoms with Gasteiger partial charge in [-0.15, -0.1) is 10.2 Å². The molecule has 0 saturated heterocycles. The van der Waals surface area contributed by atoms with Gasteiger partial charge in [0, 0.05) is 17.5 Å². The zero-order valence-electron chi connectivity index (χ0n) is 14.0. The van der Waals surface area contributed by atoms with Crippen molar-refractivity contribution in [3.05, 3.63) is 47.8 Å². The summed E-state index contributed by atoms with van der Waals surface area (Å²) in [6, 6.07) is 6.77. The minimum absolute atomic E-state index is 0.114. The lowest BCUT2D eigenvalue weighted by atomic mass is 10.0. The van der Waals surface area contributed by atoms with Gasteiger partial charge < -0.3 is 5.73 Å². The molecule has 1 aromatic carbocycles. The van der Waals surface area contributed by atoms with Crippen molar-refractivity contribution in [1.82, 2.24) is 30.0 Å². The standard InChI is InChI=1S/C17H15F2N7/c1-8(2)17-24-21-13-6-5-12(25-26(13)17)14-15(22-23-16(14)20)10-4-3-9(18)7-11(10)19/h3-8H,1-2H3,(H3,20,22,23). The Morgan fingerprint density at radius 3 is 2.65 bits per heavy atom. The summed E-state index contributed by atoms with van der Waals surface area (Å²) < 4.78 is 29.1. The molecule has 0 amide bonds. The van der Waals surface area contributed by atoms with Crippen LogP contribution in [-0.4, -0.2) is 30.0 Å². The quantitative estimate of drug-likeness (QED) is 0.588. The zero-order valence-corrected chi connectivity index (χ0v) is 14.0. The third-order valence-electron chi connectivity index (χ3n) is 4.05. The highest BCUT2D eigenvalue weighted by Crippen LogP contribution is 2.35. The fourth-order valence-electron chi connectivity index (χ4n) is 2.80. The van der Waals surface area contributed by atoms with Crippen molar-refractivity contribution in [2.45, 2.75) is 19.8 Å². The highest BCUT2D eigenvalue weighted by molar-refractivity contribution is 5.86. The first-order valence-electron chi connectivity index (χ1n) is 7.97. The van der Waals surface area contributed by atoms with Crippen LogP contribution in [0.2, 0.25) is 0 Å². The second-order valence-electron chi connectivity index (χ2n) is 6.18. The van der Waals surface area contributed by atoms with Crippen molar-refractivity contribution < 1.29 is 8.78 Å². The molecule has 0 saturated carbocycles. The first-order valence-corrected chi connectivity index (χ1v) is 7.97. The van der Waals surface area contributed by atoms with Crippen molar-refractivity contribution in [3.63, 3.8) is 0 Å². The van der Waals surface area contributed by atoms with Gasteiger partial charge in [-0.2, -0.15) is 14.7 Å². The van der Waals surface area contributed by atoms with E-state index in [1.807, 2.05) is 13.8 Å². The van der Waals surface area contributed by atoms with E-state index in [9.17, 15) is 8.78 Å². The molecule has 4 aromatic rings. The van der Waals surface area contributed by atoms with Crippen LogP contribution in [0.4, 0.5) is 14.6 Å². The average molecular weight is 355 g/mol. The van der Waals surface area contributed by atoms with Crippen LogP contribution in [0.3, 0.4) is 0 Å². The maximum atomic E-state index is 14.2. The largest absolute Gasteiger partial charge is 0.382 e. The normalized spacial score (nSPS) is 11.6. The summed E-state index contributed by atoms with van der Waals surface area (Å²) in [5.41, 5.74) is 7.97. The van der Waals surface area contributed by atoms with E-state index in [-0.39, 0.29) is 17.3 Å². The van der Waals surface area contributed by atoms with Gasteiger partial charge in [0.2, 0.25) is 0 Å². The molecule has 3 aromatic heterocycles. The molecule has 0 aliphatic carbocycles. The lowest BCUT2D eigenvalue weighted by Crippen LogP contribution is -2.03. The fraction of sp³-hybridized carbons (Fsp3) is 0.176. The molecule has 0 atom stereocenters. The molecule has 132 valence electrons. The van der Waals surface area contributed by atoms with Gasteiger partial charge in [-0.25, -0.2) is 8.78 Å². The van der Waals surface area contributed by atoms with E-state index in [4.69, 9.17) is 5.73 Å². The number of aromatic nitrogens is 6. The van der Waals surface area contributed by atoms with E-state index in [0.29, 0.717) is 28.4 Å². The van der Waals surface area contributed by atoms with Gasteiger partial charge >= 0.3 is 0 Å². The second-order valence-corrected chi connectivity index (χ2v) is 6.18. The maximum absolute atomic E-state index is 14.2. The first-order chi connectivity index (χ1) is 12.5. The van der Waals surface area contributed by atoms with Crippen LogP contribution in [0.25, 0.3) is 28.2 Å². The minimum atomic E-state index is -0.719. The lowest BCUT2D eigenvalue weighted by molar-refractivity contribution is 0.585. The molecule has 26 heavy (non-hydrogen) atoms. The summed E-state index contributed by atoms with van der Waals surface area (Å²) in [5.74, 6) is -0.411. The highest BCUT2D eigenvalue weighted by Gasteiger charge is 2.20. The zero-order chi connectivity index (χ0) is 18.4. The molecule has 3 N–H and O–H groups in total. The van der Waals surface area contributed by atoms with Gasteiger partial charge in [-0.3, -0.25) is 5.10 Å². The van der Waals surface area contributed by atoms with Gasteiger partial charge in [-0.05, 0) is 24.3 Å². The molecule has 4 rings (SSSR count). The molecule has 0 aliphatic rings. The summed E-state index contributed by atoms with van der Waals surface area (Å²) >= 11 is 0. The monoisotopic (exact) mass is 355 g/mol. The average Bonchev–Trinajstić information content (AvgIpc) is 3.18. The third-order valence-corrected chi connectivity index (χ3v) is 4.05. The lowest BCUT2D eigenvalue weighted by Gasteiger charge is -2.07. The van der Waals surface area contributed by atoms with E-state index < -0.39 is 11.6 Å². The number of aromatic amines is 1. The van der Waals surface area contributed by atoms with Crippen LogP contribution in [0.1, 0.15) is 25.6 Å². The van der Waals surface area contributed by atoms with Gasteiger partial charge in [0.25, 0.3) is 0 Å². The van der Waals surface area contributed by atoms with Crippen molar-refractivity contribution in [2.24, 2.45) is 0 Å². The third kappa shape index (κ3) is 2.48. The van der Waals surface area contributed by atoms with Crippen molar-refractivity contribution in [1.29, 1.82) is 0 Å². The van der Waals surface area contributed by atoms with Crippen molar-refractivity contribution in [2.75, 3.05) is 5.73 Å². The number of benzene rings is 1. The van der Waals surface area contributed by atoms with E-state index in [1.54, 1.807) is 16.6 Å². The molecule has 7 nitrogen and oxygen atoms in total. The molecule has 0 fully saturated rings. The van der Waals surface area contributed by atoms with Gasteiger partial charge in [0.15, 0.2) is 17.3 Å². The van der Waals surface area contributed by atoms with Crippen LogP contribution in [0.5, 0.6) is 0 Å². The number of hydrogen-bond donors (Lipinski definition) is 2. The van der Waals surface area contributed by atoms with Crippen molar-refractivity contribution >= 4 is 11.5 Å². The predicted molar refractivity (Wildman–Crippen MR) is 92.2 cm³/mol. The number of nitrogens with two attached hydrogens (primary N) is 1. The van der Waals surface area contributed by atoms with Crippen LogP contribution in [0.15, 0.2) is 30.3 Å². The molecule has 3 heterocycles. The van der Waals surface area contributed by atoms with Gasteiger partial charge in [0.1, 0.15) is 11.6 Å². The molecule has 0 spiro atoms. The molecule has 0 radical (unpaired) electrons. The summed E-state index contributed by atoms with van der Waals surface area (Å²) in [7, 11) is 0. The number of anilines is 1. The number of halogens is 2. The number of fused-ring (bicyclic) bond motifs is 1. The number of hydrogen-bond acceptors (Lipinski definition) is 5. The smallest absolute Gasteiger partial charge is 0.177 e. The number of rotatable bonds is 3. The van der Waals surface area contributed by atoms with Gasteiger partial charge in [-0.1, -0.05) is 13.8 Å². The minimum Gasteiger partial charge on any atom is -0.382 e. The van der Waals surface area contributed by atoms with E-state index >= 15 is 0 Å². The Bertz CT molecular complexity index is 1110. The number of nitrogen functional groups attached to an aromatic ring is 1. The summed E-state index contributed by atoms with van der Waals surface area (Å²) in [4.78, 5) is 0. The first kappa shape index (κ1) is 16.1. The van der Waals surface area contributed by atoms with Gasteiger partial charge in [0.05, 0.1) is 17.0 Å². The number of nitrogens with zero attached hydrogens (tertiary/aromatic N) is 5. The molecular formula is C17H15F2N7. The maximum Gasteiger partial charge on any atom is 0.177 e. The second kappa shape index (κ2) is 5.87. The SMILES string of the molecule is CC(C)c1nnc2ccc(-c3c(N)n[nH]c3-c3ccc(F)cc3F)nn12. The van der Waals surface area contributed by atoms with E-state index in [2.05, 4.69) is 25.5 Å². The Morgan fingerprint density at radius 1 is 1.12 bits per heavy atom. The summed E-state index contributed by atoms with van der Waals surface area (Å²) in [6.07, 6.45) is 0. The van der Waals surface area contributed by atoms with Crippen LogP contribution in [0, 0.1) is 11.6 Å². The van der Waals surface area contributed by atoms with Crippen LogP contribution in [-0.2, 0) is 0 Å². The summed E-state index contributed by atoms with van der Waals surface area (Å²) in [6.45, 7) is 3.96. The van der Waals surface area contributed by atoms with Crippen molar-refractivity contribution in [3.8, 4) is 22.5 Å². The Balaban J connectivity index is 1.93. The predicted octanol–water partition coefficient (Wildman–Crippen LogP) is 3.17. The Morgan fingerprint density at radius 2 is 1.92 bits per heavy atom. The number of nitrogens with one attached hydrogen (secondary N) is 1. The Kier molecular flexibility index (Phi) is 3.64.